The molecule has 0 amide bonds. The Hall–Kier alpha value is -1.96. The van der Waals surface area contributed by atoms with E-state index in [-0.39, 0.29) is 19.4 Å². The summed E-state index contributed by atoms with van der Waals surface area (Å²) in [5.74, 6) is -0.375. The van der Waals surface area contributed by atoms with Gasteiger partial charge in [-0.1, -0.05) is 114 Å². The number of rotatable bonds is 37. The molecule has 16 heteroatoms. The highest BCUT2D eigenvalue weighted by Crippen LogP contribution is 2.43. The molecular formula is C39H70O14P2. The molecule has 5 N–H and O–H groups in total. The third-order valence-electron chi connectivity index (χ3n) is 8.31. The Balaban J connectivity index is 4.66. The summed E-state index contributed by atoms with van der Waals surface area (Å²) >= 11 is 0. The zero-order valence-corrected chi connectivity index (χ0v) is 34.9. The van der Waals surface area contributed by atoms with E-state index in [1.807, 2.05) is 12.2 Å². The second-order valence-corrected chi connectivity index (χ2v) is 16.2. The number of esters is 2. The lowest BCUT2D eigenvalue weighted by molar-refractivity contribution is -0.161. The van der Waals surface area contributed by atoms with Crippen molar-refractivity contribution in [3.05, 3.63) is 48.6 Å². The summed E-state index contributed by atoms with van der Waals surface area (Å²) in [5, 5.41) is 18.5. The molecular weight excluding hydrogens is 754 g/mol. The van der Waals surface area contributed by atoms with Crippen LogP contribution in [0.25, 0.3) is 0 Å². The van der Waals surface area contributed by atoms with Crippen LogP contribution < -0.4 is 0 Å². The number of aliphatic hydroxyl groups is 2. The fourth-order valence-electron chi connectivity index (χ4n) is 4.88. The molecule has 0 bridgehead atoms. The molecule has 0 heterocycles. The summed E-state index contributed by atoms with van der Waals surface area (Å²) in [6.45, 7) is 1.92. The number of phosphoric ester groups is 2. The fourth-order valence-corrected chi connectivity index (χ4v) is 6.04. The summed E-state index contributed by atoms with van der Waals surface area (Å²) in [5.41, 5.74) is 0. The fraction of sp³-hybridized carbons (Fsp3) is 0.744. The molecule has 0 aromatic heterocycles. The Morgan fingerprint density at radius 2 is 1.13 bits per heavy atom. The molecule has 55 heavy (non-hydrogen) atoms. The summed E-state index contributed by atoms with van der Waals surface area (Å²) in [6.07, 6.45) is 30.1. The van der Waals surface area contributed by atoms with Gasteiger partial charge >= 0.3 is 27.6 Å². The molecule has 0 aromatic rings. The van der Waals surface area contributed by atoms with E-state index >= 15 is 0 Å². The van der Waals surface area contributed by atoms with E-state index in [2.05, 4.69) is 59.4 Å². The normalized spacial score (nSPS) is 15.3. The maximum atomic E-state index is 12.6. The molecule has 0 aliphatic heterocycles. The topological polar surface area (TPSA) is 216 Å². The number of allylic oxidation sites excluding steroid dienone is 8. The van der Waals surface area contributed by atoms with Crippen molar-refractivity contribution in [1.29, 1.82) is 0 Å². The number of phosphoric acid groups is 2. The van der Waals surface area contributed by atoms with Crippen LogP contribution >= 0.6 is 15.6 Å². The quantitative estimate of drug-likeness (QED) is 0.0172. The van der Waals surface area contributed by atoms with Gasteiger partial charge in [-0.05, 0) is 63.7 Å². The maximum absolute atomic E-state index is 12.6. The minimum Gasteiger partial charge on any atom is -0.462 e. The highest BCUT2D eigenvalue weighted by atomic mass is 31.2. The van der Waals surface area contributed by atoms with Crippen LogP contribution in [-0.4, -0.2) is 82.1 Å². The Morgan fingerprint density at radius 3 is 1.73 bits per heavy atom. The molecule has 4 atom stereocenters. The molecule has 0 radical (unpaired) electrons. The monoisotopic (exact) mass is 824 g/mol. The lowest BCUT2D eigenvalue weighted by Gasteiger charge is -2.20. The zero-order chi connectivity index (χ0) is 41.0. The van der Waals surface area contributed by atoms with Crippen molar-refractivity contribution in [1.82, 2.24) is 0 Å². The summed E-state index contributed by atoms with van der Waals surface area (Å²) < 4.78 is 47.5. The third-order valence-corrected chi connectivity index (χ3v) is 9.74. The van der Waals surface area contributed by atoms with Crippen molar-refractivity contribution in [2.24, 2.45) is 5.92 Å². The molecule has 0 fully saturated rings. The number of ether oxygens (including phenoxy) is 2. The van der Waals surface area contributed by atoms with Gasteiger partial charge in [-0.25, -0.2) is 9.13 Å². The highest BCUT2D eigenvalue weighted by molar-refractivity contribution is 7.47. The van der Waals surface area contributed by atoms with Gasteiger partial charge in [0.25, 0.3) is 0 Å². The Labute approximate surface area is 329 Å². The van der Waals surface area contributed by atoms with Crippen molar-refractivity contribution in [3.8, 4) is 0 Å². The number of carbonyl (C=O) groups is 2. The van der Waals surface area contributed by atoms with Gasteiger partial charge in [-0.3, -0.25) is 23.2 Å². The van der Waals surface area contributed by atoms with E-state index < -0.39 is 66.2 Å². The lowest BCUT2D eigenvalue weighted by atomic mass is 10.00. The average molecular weight is 825 g/mol. The molecule has 0 aromatic carbocycles. The van der Waals surface area contributed by atoms with Gasteiger partial charge in [-0.2, -0.15) is 0 Å². The number of unbranched alkanes of at least 4 members (excludes halogenated alkanes) is 9. The van der Waals surface area contributed by atoms with Crippen LogP contribution in [0.1, 0.15) is 136 Å². The second kappa shape index (κ2) is 35.2. The predicted molar refractivity (Wildman–Crippen MR) is 213 cm³/mol. The summed E-state index contributed by atoms with van der Waals surface area (Å²) in [6, 6.07) is 0. The molecule has 320 valence electrons. The van der Waals surface area contributed by atoms with Gasteiger partial charge in [0.2, 0.25) is 0 Å². The average Bonchev–Trinajstić information content (AvgIpc) is 3.14. The SMILES string of the molecule is CCC(C)CCCCCCCCC(=O)OC[C@H](COP(=O)(O)OC[C@@H](O)COP(=O)(O)O)OC(=O)CCC/C=C\C/C=C\C/C=C\C/C=C\CCCCCO. The first kappa shape index (κ1) is 53.0. The van der Waals surface area contributed by atoms with E-state index in [4.69, 9.17) is 28.9 Å². The largest absolute Gasteiger partial charge is 0.472 e. The van der Waals surface area contributed by atoms with Gasteiger partial charge < -0.3 is 34.4 Å². The standard InChI is InChI=1S/C39H70O14P2/c1-3-35(2)27-23-19-16-17-20-24-28-38(42)49-33-37(34-52-55(47,48)51-32-36(41)31-50-54(44,45)46)53-39(43)29-25-21-15-13-11-9-7-5-4-6-8-10-12-14-18-22-26-30-40/h4,6-7,9-10,12-13,15,35-37,40-41H,3,5,8,11,14,16-34H2,1-2H3,(H,47,48)(H2,44,45,46)/b6-4-,9-7-,12-10-,15-13-/t35?,36-,37+/m0/s1. The van der Waals surface area contributed by atoms with E-state index in [0.717, 1.165) is 70.1 Å². The number of hydrogen-bond donors (Lipinski definition) is 5. The first-order valence-corrected chi connectivity index (χ1v) is 22.9. The van der Waals surface area contributed by atoms with Crippen LogP contribution in [0.15, 0.2) is 48.6 Å². The van der Waals surface area contributed by atoms with Gasteiger partial charge in [0.05, 0.1) is 19.8 Å². The summed E-state index contributed by atoms with van der Waals surface area (Å²) in [4.78, 5) is 52.4. The van der Waals surface area contributed by atoms with Crippen molar-refractivity contribution in [2.75, 3.05) is 33.0 Å². The molecule has 0 saturated carbocycles. The van der Waals surface area contributed by atoms with Crippen LogP contribution in [0, 0.1) is 5.92 Å². The minimum atomic E-state index is -4.87. The van der Waals surface area contributed by atoms with E-state index in [1.54, 1.807) is 0 Å². The Morgan fingerprint density at radius 1 is 0.618 bits per heavy atom. The first-order chi connectivity index (χ1) is 26.3. The van der Waals surface area contributed by atoms with Crippen LogP contribution in [0.4, 0.5) is 0 Å². The van der Waals surface area contributed by atoms with Crippen molar-refractivity contribution >= 4 is 27.6 Å². The van der Waals surface area contributed by atoms with Crippen LogP contribution in [-0.2, 0) is 41.8 Å². The molecule has 0 rings (SSSR count). The predicted octanol–water partition coefficient (Wildman–Crippen LogP) is 8.33. The van der Waals surface area contributed by atoms with Crippen LogP contribution in [0.2, 0.25) is 0 Å². The smallest absolute Gasteiger partial charge is 0.462 e. The maximum Gasteiger partial charge on any atom is 0.472 e. The Kier molecular flexibility index (Phi) is 34.0. The molecule has 0 aliphatic carbocycles. The van der Waals surface area contributed by atoms with Gasteiger partial charge in [-0.15, -0.1) is 0 Å². The highest BCUT2D eigenvalue weighted by Gasteiger charge is 2.28. The second-order valence-electron chi connectivity index (χ2n) is 13.5. The van der Waals surface area contributed by atoms with Crippen LogP contribution in [0.3, 0.4) is 0 Å². The van der Waals surface area contributed by atoms with Crippen molar-refractivity contribution in [2.45, 2.75) is 148 Å². The van der Waals surface area contributed by atoms with Gasteiger partial charge in [0, 0.05) is 19.4 Å². The van der Waals surface area contributed by atoms with Crippen LogP contribution in [0.5, 0.6) is 0 Å². The molecule has 0 spiro atoms. The zero-order valence-electron chi connectivity index (χ0n) is 33.1. The van der Waals surface area contributed by atoms with E-state index in [1.165, 1.54) is 25.7 Å². The van der Waals surface area contributed by atoms with Gasteiger partial charge in [0.1, 0.15) is 12.7 Å². The van der Waals surface area contributed by atoms with Crippen molar-refractivity contribution < 1.29 is 66.7 Å². The van der Waals surface area contributed by atoms with E-state index in [9.17, 15) is 28.7 Å². The number of carbonyl (C=O) groups excluding carboxylic acids is 2. The van der Waals surface area contributed by atoms with Crippen molar-refractivity contribution in [3.63, 3.8) is 0 Å². The number of hydrogen-bond acceptors (Lipinski definition) is 11. The molecule has 14 nitrogen and oxygen atoms in total. The molecule has 2 unspecified atom stereocenters. The molecule has 0 saturated heterocycles. The van der Waals surface area contributed by atoms with Gasteiger partial charge in [0.15, 0.2) is 6.10 Å². The lowest BCUT2D eigenvalue weighted by Crippen LogP contribution is -2.29. The molecule has 0 aliphatic rings. The first-order valence-electron chi connectivity index (χ1n) is 19.8. The Bertz CT molecular complexity index is 1180. The third kappa shape index (κ3) is 38.7. The number of aliphatic hydroxyl groups excluding tert-OH is 2. The van der Waals surface area contributed by atoms with E-state index in [0.29, 0.717) is 19.3 Å². The summed E-state index contributed by atoms with van der Waals surface area (Å²) in [7, 11) is -9.69. The minimum absolute atomic E-state index is 0.0446.